The van der Waals surface area contributed by atoms with Gasteiger partial charge in [-0.15, -0.1) is 10.2 Å². The van der Waals surface area contributed by atoms with Crippen LogP contribution < -0.4 is 5.32 Å². The molecule has 1 N–H and O–H groups in total. The Hall–Kier alpha value is -1.98. The average molecular weight is 274 g/mol. The molecule has 1 unspecified atom stereocenters. The van der Waals surface area contributed by atoms with Crippen molar-refractivity contribution in [3.05, 3.63) is 30.2 Å². The van der Waals surface area contributed by atoms with Crippen molar-refractivity contribution in [1.29, 1.82) is 0 Å². The van der Waals surface area contributed by atoms with Gasteiger partial charge in [-0.1, -0.05) is 20.8 Å². The molecule has 0 aliphatic carbocycles. The summed E-state index contributed by atoms with van der Waals surface area (Å²) in [6.07, 6.45) is 4.43. The minimum absolute atomic E-state index is 0.0546. The molecular weight excluding hydrogens is 252 g/mol. The van der Waals surface area contributed by atoms with Crippen LogP contribution in [0.5, 0.6) is 0 Å². The van der Waals surface area contributed by atoms with Gasteiger partial charge in [-0.2, -0.15) is 0 Å². The van der Waals surface area contributed by atoms with Crippen LogP contribution in [-0.4, -0.2) is 24.7 Å². The summed E-state index contributed by atoms with van der Waals surface area (Å²) in [6, 6.07) is 2.04. The first-order chi connectivity index (χ1) is 9.61. The minimum atomic E-state index is 0.0546. The molecular formula is C14H22N6. The smallest absolute Gasteiger partial charge is 0.155 e. The van der Waals surface area contributed by atoms with Gasteiger partial charge < -0.3 is 9.88 Å². The highest BCUT2D eigenvalue weighted by Crippen LogP contribution is 2.18. The molecule has 0 spiro atoms. The topological polar surface area (TPSA) is 68.5 Å². The van der Waals surface area contributed by atoms with E-state index < -0.39 is 0 Å². The summed E-state index contributed by atoms with van der Waals surface area (Å²) in [6.45, 7) is 9.37. The molecule has 0 fully saturated rings. The van der Waals surface area contributed by atoms with E-state index in [-0.39, 0.29) is 6.04 Å². The van der Waals surface area contributed by atoms with E-state index in [4.69, 9.17) is 0 Å². The maximum Gasteiger partial charge on any atom is 0.155 e. The van der Waals surface area contributed by atoms with E-state index in [2.05, 4.69) is 57.7 Å². The van der Waals surface area contributed by atoms with Crippen molar-refractivity contribution in [3.8, 4) is 0 Å². The summed E-state index contributed by atoms with van der Waals surface area (Å²) >= 11 is 0. The van der Waals surface area contributed by atoms with Crippen LogP contribution in [0.15, 0.2) is 18.7 Å². The highest BCUT2D eigenvalue weighted by Gasteiger charge is 2.13. The lowest BCUT2D eigenvalue weighted by Crippen LogP contribution is -2.14. The Morgan fingerprint density at radius 3 is 2.75 bits per heavy atom. The third-order valence-corrected chi connectivity index (χ3v) is 3.14. The van der Waals surface area contributed by atoms with Gasteiger partial charge in [-0.3, -0.25) is 0 Å². The number of aryl methyl sites for hydroxylation is 1. The summed E-state index contributed by atoms with van der Waals surface area (Å²) in [5.41, 5.74) is 1.03. The number of rotatable bonds is 6. The molecule has 0 bridgehead atoms. The fourth-order valence-corrected chi connectivity index (χ4v) is 2.07. The van der Waals surface area contributed by atoms with E-state index in [0.29, 0.717) is 5.92 Å². The second-order valence-corrected chi connectivity index (χ2v) is 5.23. The van der Waals surface area contributed by atoms with Crippen molar-refractivity contribution in [1.82, 2.24) is 24.7 Å². The van der Waals surface area contributed by atoms with Crippen LogP contribution in [-0.2, 0) is 6.54 Å². The SMILES string of the molecule is CCCn1cnnc1C(C)Nc1cc(C(C)C)ncn1. The normalized spacial score (nSPS) is 12.7. The lowest BCUT2D eigenvalue weighted by Gasteiger charge is -2.15. The molecule has 0 aliphatic rings. The number of hydrogen-bond donors (Lipinski definition) is 1. The molecule has 1 atom stereocenters. The fraction of sp³-hybridized carbons (Fsp3) is 0.571. The fourth-order valence-electron chi connectivity index (χ4n) is 2.07. The van der Waals surface area contributed by atoms with E-state index in [1.165, 1.54) is 0 Å². The van der Waals surface area contributed by atoms with Gasteiger partial charge in [0.15, 0.2) is 5.82 Å². The van der Waals surface area contributed by atoms with Gasteiger partial charge in [0, 0.05) is 18.3 Å². The number of nitrogens with zero attached hydrogens (tertiary/aromatic N) is 5. The van der Waals surface area contributed by atoms with E-state index in [9.17, 15) is 0 Å². The van der Waals surface area contributed by atoms with E-state index in [1.807, 2.05) is 6.07 Å². The molecule has 0 amide bonds. The Labute approximate surface area is 119 Å². The van der Waals surface area contributed by atoms with Crippen molar-refractivity contribution in [2.45, 2.75) is 52.6 Å². The lowest BCUT2D eigenvalue weighted by atomic mass is 10.1. The van der Waals surface area contributed by atoms with Crippen molar-refractivity contribution in [2.24, 2.45) is 0 Å². The Kier molecular flexibility index (Phi) is 4.65. The van der Waals surface area contributed by atoms with E-state index in [0.717, 1.165) is 30.3 Å². The predicted molar refractivity (Wildman–Crippen MR) is 78.5 cm³/mol. The summed E-state index contributed by atoms with van der Waals surface area (Å²) in [4.78, 5) is 8.54. The molecule has 20 heavy (non-hydrogen) atoms. The summed E-state index contributed by atoms with van der Waals surface area (Å²) in [7, 11) is 0. The molecule has 0 radical (unpaired) electrons. The average Bonchev–Trinajstić information content (AvgIpc) is 2.88. The summed E-state index contributed by atoms with van der Waals surface area (Å²) in [5, 5.41) is 11.5. The highest BCUT2D eigenvalue weighted by atomic mass is 15.3. The largest absolute Gasteiger partial charge is 0.360 e. The standard InChI is InChI=1S/C14H22N6/c1-5-6-20-9-17-19-14(20)11(4)18-13-7-12(10(2)3)15-8-16-13/h7-11H,5-6H2,1-4H3,(H,15,16,18). The molecule has 2 heterocycles. The van der Waals surface area contributed by atoms with Crippen LogP contribution in [0.2, 0.25) is 0 Å². The van der Waals surface area contributed by atoms with Crippen molar-refractivity contribution >= 4 is 5.82 Å². The minimum Gasteiger partial charge on any atom is -0.360 e. The Bertz CT molecular complexity index is 548. The predicted octanol–water partition coefficient (Wildman–Crippen LogP) is 2.77. The van der Waals surface area contributed by atoms with Gasteiger partial charge in [0.1, 0.15) is 18.5 Å². The first-order valence-electron chi connectivity index (χ1n) is 7.08. The molecule has 6 nitrogen and oxygen atoms in total. The molecule has 0 aromatic carbocycles. The first kappa shape index (κ1) is 14.4. The van der Waals surface area contributed by atoms with Gasteiger partial charge in [0.25, 0.3) is 0 Å². The molecule has 6 heteroatoms. The molecule has 0 saturated heterocycles. The second-order valence-electron chi connectivity index (χ2n) is 5.23. The molecule has 0 aliphatic heterocycles. The number of hydrogen-bond acceptors (Lipinski definition) is 5. The van der Waals surface area contributed by atoms with Crippen molar-refractivity contribution in [3.63, 3.8) is 0 Å². The highest BCUT2D eigenvalue weighted by molar-refractivity contribution is 5.37. The van der Waals surface area contributed by atoms with Gasteiger partial charge in [0.05, 0.1) is 6.04 Å². The first-order valence-corrected chi connectivity index (χ1v) is 7.08. The number of anilines is 1. The quantitative estimate of drug-likeness (QED) is 0.877. The zero-order valence-corrected chi connectivity index (χ0v) is 12.5. The second kappa shape index (κ2) is 6.45. The van der Waals surface area contributed by atoms with Crippen LogP contribution in [0.4, 0.5) is 5.82 Å². The van der Waals surface area contributed by atoms with Crippen LogP contribution in [0.3, 0.4) is 0 Å². The Morgan fingerprint density at radius 1 is 1.25 bits per heavy atom. The number of nitrogens with one attached hydrogen (secondary N) is 1. The molecule has 2 aromatic rings. The van der Waals surface area contributed by atoms with E-state index >= 15 is 0 Å². The zero-order valence-electron chi connectivity index (χ0n) is 12.5. The third-order valence-electron chi connectivity index (χ3n) is 3.14. The Balaban J connectivity index is 2.12. The van der Waals surface area contributed by atoms with Crippen molar-refractivity contribution in [2.75, 3.05) is 5.32 Å². The van der Waals surface area contributed by atoms with Crippen LogP contribution in [0.1, 0.15) is 57.6 Å². The zero-order chi connectivity index (χ0) is 14.5. The van der Waals surface area contributed by atoms with Gasteiger partial charge in [-0.25, -0.2) is 9.97 Å². The van der Waals surface area contributed by atoms with Crippen LogP contribution in [0, 0.1) is 0 Å². The number of aromatic nitrogens is 5. The third kappa shape index (κ3) is 3.31. The maximum atomic E-state index is 4.27. The van der Waals surface area contributed by atoms with Crippen LogP contribution in [0.25, 0.3) is 0 Å². The summed E-state index contributed by atoms with van der Waals surface area (Å²) < 4.78 is 2.07. The van der Waals surface area contributed by atoms with Gasteiger partial charge >= 0.3 is 0 Å². The Morgan fingerprint density at radius 2 is 2.05 bits per heavy atom. The molecule has 2 aromatic heterocycles. The van der Waals surface area contributed by atoms with Gasteiger partial charge in [0.2, 0.25) is 0 Å². The molecule has 2 rings (SSSR count). The van der Waals surface area contributed by atoms with Crippen molar-refractivity contribution < 1.29 is 0 Å². The van der Waals surface area contributed by atoms with Gasteiger partial charge in [-0.05, 0) is 19.3 Å². The van der Waals surface area contributed by atoms with Crippen LogP contribution >= 0.6 is 0 Å². The lowest BCUT2D eigenvalue weighted by molar-refractivity contribution is 0.613. The van der Waals surface area contributed by atoms with E-state index in [1.54, 1.807) is 12.7 Å². The molecule has 108 valence electrons. The molecule has 0 saturated carbocycles. The summed E-state index contributed by atoms with van der Waals surface area (Å²) in [5.74, 6) is 2.14. The monoisotopic (exact) mass is 274 g/mol. The maximum absolute atomic E-state index is 4.27.